The quantitative estimate of drug-likeness (QED) is 0.545. The Labute approximate surface area is 208 Å². The number of hydrogen-bond acceptors (Lipinski definition) is 7. The first kappa shape index (κ1) is 26.2. The maximum atomic E-state index is 13.3. The molecule has 2 atom stereocenters. The molecule has 0 saturated carbocycles. The lowest BCUT2D eigenvalue weighted by Gasteiger charge is -2.46. The zero-order valence-electron chi connectivity index (χ0n) is 19.1. The van der Waals surface area contributed by atoms with Crippen molar-refractivity contribution in [3.05, 3.63) is 53.0 Å². The molecule has 3 aliphatic rings. The Morgan fingerprint density at radius 3 is 2.34 bits per heavy atom. The SMILES string of the molecule is C[C@](O)(c1ccc(N2CCN(S(=O)(=O)C3=CC=CCC3=S)C[C@@H]2CN2CC(O)C2)cc1)C(F)(F)F. The number of anilines is 1. The number of halogens is 3. The van der Waals surface area contributed by atoms with Gasteiger partial charge in [-0.15, -0.1) is 0 Å². The van der Waals surface area contributed by atoms with Crippen molar-refractivity contribution in [2.24, 2.45) is 0 Å². The van der Waals surface area contributed by atoms with E-state index in [1.807, 2.05) is 9.80 Å². The number of aliphatic hydroxyl groups excluding tert-OH is 1. The van der Waals surface area contributed by atoms with Gasteiger partial charge in [0.05, 0.1) is 17.1 Å². The number of allylic oxidation sites excluding steroid dienone is 4. The van der Waals surface area contributed by atoms with Crippen LogP contribution in [0.3, 0.4) is 0 Å². The van der Waals surface area contributed by atoms with Crippen LogP contribution in [0.1, 0.15) is 18.9 Å². The smallest absolute Gasteiger partial charge is 0.390 e. The number of rotatable bonds is 6. The van der Waals surface area contributed by atoms with Gasteiger partial charge in [0.2, 0.25) is 10.0 Å². The van der Waals surface area contributed by atoms with Crippen molar-refractivity contribution in [2.45, 2.75) is 37.3 Å². The minimum atomic E-state index is -4.82. The molecule has 2 aliphatic heterocycles. The Balaban J connectivity index is 1.58. The number of alkyl halides is 3. The second kappa shape index (κ2) is 9.56. The third kappa shape index (κ3) is 5.18. The number of hydrogen-bond donors (Lipinski definition) is 2. The topological polar surface area (TPSA) is 84.3 Å². The van der Waals surface area contributed by atoms with E-state index in [0.717, 1.165) is 0 Å². The highest BCUT2D eigenvalue weighted by atomic mass is 32.2. The Bertz CT molecular complexity index is 1130. The summed E-state index contributed by atoms with van der Waals surface area (Å²) in [5, 5.41) is 19.6. The second-order valence-electron chi connectivity index (χ2n) is 9.29. The Kier molecular flexibility index (Phi) is 7.17. The van der Waals surface area contributed by atoms with Gasteiger partial charge in [0.25, 0.3) is 0 Å². The molecule has 0 bridgehead atoms. The van der Waals surface area contributed by atoms with E-state index in [1.54, 1.807) is 12.2 Å². The highest BCUT2D eigenvalue weighted by Crippen LogP contribution is 2.39. The van der Waals surface area contributed by atoms with Gasteiger partial charge in [0, 0.05) is 56.2 Å². The Hall–Kier alpha value is -1.83. The minimum absolute atomic E-state index is 0.125. The third-order valence-electron chi connectivity index (χ3n) is 6.74. The number of likely N-dealkylation sites (tertiary alicyclic amines) is 1. The van der Waals surface area contributed by atoms with Gasteiger partial charge < -0.3 is 15.1 Å². The molecule has 0 radical (unpaired) electrons. The van der Waals surface area contributed by atoms with E-state index < -0.39 is 27.9 Å². The fourth-order valence-electron chi connectivity index (χ4n) is 4.57. The first-order valence-electron chi connectivity index (χ1n) is 11.3. The maximum Gasteiger partial charge on any atom is 0.421 e. The van der Waals surface area contributed by atoms with Crippen molar-refractivity contribution in [3.63, 3.8) is 0 Å². The summed E-state index contributed by atoms with van der Waals surface area (Å²) >= 11 is 5.28. The standard InChI is InChI=1S/C23H28F3N3O4S2/c1-22(31,23(24,25)26)16-6-8-17(9-7-16)29-11-10-28(13-18(29)12-27-14-19(30)15-27)35(32,33)21-5-3-2-4-20(21)34/h2-3,5-9,18-19,30-31H,4,10-15H2,1H3/t18-,22-/m0/s1. The molecule has 7 nitrogen and oxygen atoms in total. The molecular weight excluding hydrogens is 503 g/mol. The van der Waals surface area contributed by atoms with Crippen molar-refractivity contribution in [2.75, 3.05) is 44.2 Å². The molecule has 1 aromatic rings. The minimum Gasteiger partial charge on any atom is -0.390 e. The van der Waals surface area contributed by atoms with Crippen LogP contribution >= 0.6 is 12.2 Å². The summed E-state index contributed by atoms with van der Waals surface area (Å²) in [6.45, 7) is 2.83. The molecule has 192 valence electrons. The van der Waals surface area contributed by atoms with E-state index in [0.29, 0.717) is 50.1 Å². The second-order valence-corrected chi connectivity index (χ2v) is 11.7. The lowest BCUT2D eigenvalue weighted by atomic mass is 9.95. The van der Waals surface area contributed by atoms with Gasteiger partial charge in [-0.1, -0.05) is 36.5 Å². The summed E-state index contributed by atoms with van der Waals surface area (Å²) in [4.78, 5) is 4.47. The Morgan fingerprint density at radius 1 is 1.11 bits per heavy atom. The van der Waals surface area contributed by atoms with Crippen molar-refractivity contribution < 1.29 is 31.8 Å². The van der Waals surface area contributed by atoms with Gasteiger partial charge in [-0.25, -0.2) is 8.42 Å². The molecule has 35 heavy (non-hydrogen) atoms. The molecule has 0 spiro atoms. The molecule has 4 rings (SSSR count). The molecule has 2 N–H and O–H groups in total. The van der Waals surface area contributed by atoms with Crippen LogP contribution in [-0.2, 0) is 15.6 Å². The lowest BCUT2D eigenvalue weighted by molar-refractivity contribution is -0.258. The number of benzene rings is 1. The van der Waals surface area contributed by atoms with Gasteiger partial charge in [0.15, 0.2) is 5.60 Å². The summed E-state index contributed by atoms with van der Waals surface area (Å²) in [6, 6.07) is 5.22. The monoisotopic (exact) mass is 531 g/mol. The van der Waals surface area contributed by atoms with Crippen molar-refractivity contribution in [3.8, 4) is 0 Å². The highest BCUT2D eigenvalue weighted by Gasteiger charge is 2.51. The van der Waals surface area contributed by atoms with Crippen molar-refractivity contribution in [1.82, 2.24) is 9.21 Å². The molecule has 0 aromatic heterocycles. The molecule has 2 fully saturated rings. The molecule has 2 saturated heterocycles. The van der Waals surface area contributed by atoms with Crippen molar-refractivity contribution in [1.29, 1.82) is 0 Å². The summed E-state index contributed by atoms with van der Waals surface area (Å²) in [5.74, 6) is 0. The molecule has 1 aromatic carbocycles. The van der Waals surface area contributed by atoms with E-state index >= 15 is 0 Å². The summed E-state index contributed by atoms with van der Waals surface area (Å²) in [6.07, 6.45) is 0.140. The zero-order chi connectivity index (χ0) is 25.6. The predicted molar refractivity (Wildman–Crippen MR) is 131 cm³/mol. The van der Waals surface area contributed by atoms with Crippen LogP contribution in [0.5, 0.6) is 0 Å². The molecule has 1 aliphatic carbocycles. The first-order chi connectivity index (χ1) is 16.3. The summed E-state index contributed by atoms with van der Waals surface area (Å²) < 4.78 is 67.8. The largest absolute Gasteiger partial charge is 0.421 e. The van der Waals surface area contributed by atoms with E-state index in [1.165, 1.54) is 34.6 Å². The van der Waals surface area contributed by atoms with E-state index in [-0.39, 0.29) is 29.6 Å². The van der Waals surface area contributed by atoms with Gasteiger partial charge in [-0.3, -0.25) is 4.90 Å². The van der Waals surface area contributed by atoms with Crippen LogP contribution in [0.15, 0.2) is 47.4 Å². The number of piperazine rings is 1. The molecule has 0 unspecified atom stereocenters. The van der Waals surface area contributed by atoms with Crippen LogP contribution < -0.4 is 4.90 Å². The van der Waals surface area contributed by atoms with Gasteiger partial charge in [-0.2, -0.15) is 17.5 Å². The van der Waals surface area contributed by atoms with Crippen LogP contribution in [0.4, 0.5) is 18.9 Å². The van der Waals surface area contributed by atoms with Gasteiger partial charge in [0.1, 0.15) is 0 Å². The number of thiocarbonyl (C=S) groups is 1. The number of nitrogens with zero attached hydrogens (tertiary/aromatic N) is 3. The Morgan fingerprint density at radius 2 is 1.77 bits per heavy atom. The van der Waals surface area contributed by atoms with E-state index in [9.17, 15) is 31.8 Å². The average molecular weight is 532 g/mol. The number of β-amino-alcohol motifs (C(OH)–C–C–N with tert-alkyl or cyclic N) is 1. The normalized spacial score (nSPS) is 24.7. The summed E-state index contributed by atoms with van der Waals surface area (Å²) in [7, 11) is -3.80. The fourth-order valence-corrected chi connectivity index (χ4v) is 6.64. The van der Waals surface area contributed by atoms with Crippen LogP contribution in [0.2, 0.25) is 0 Å². The number of sulfonamides is 1. The highest BCUT2D eigenvalue weighted by molar-refractivity contribution is 7.96. The van der Waals surface area contributed by atoms with E-state index in [2.05, 4.69) is 0 Å². The number of aliphatic hydroxyl groups is 2. The van der Waals surface area contributed by atoms with Crippen LogP contribution in [-0.4, -0.2) is 90.3 Å². The van der Waals surface area contributed by atoms with Crippen LogP contribution in [0, 0.1) is 0 Å². The molecule has 12 heteroatoms. The average Bonchev–Trinajstić information content (AvgIpc) is 2.77. The molecule has 2 heterocycles. The van der Waals surface area contributed by atoms with E-state index in [4.69, 9.17) is 12.2 Å². The first-order valence-corrected chi connectivity index (χ1v) is 13.1. The van der Waals surface area contributed by atoms with Gasteiger partial charge >= 0.3 is 6.18 Å². The van der Waals surface area contributed by atoms with Gasteiger partial charge in [-0.05, 0) is 30.7 Å². The van der Waals surface area contributed by atoms with Crippen molar-refractivity contribution >= 4 is 32.8 Å². The van der Waals surface area contributed by atoms with Crippen LogP contribution in [0.25, 0.3) is 0 Å². The maximum absolute atomic E-state index is 13.3. The molecule has 0 amide bonds. The third-order valence-corrected chi connectivity index (χ3v) is 9.21. The summed E-state index contributed by atoms with van der Waals surface area (Å²) in [5.41, 5.74) is -2.63. The zero-order valence-corrected chi connectivity index (χ0v) is 20.8. The molecular formula is C23H28F3N3O4S2. The predicted octanol–water partition coefficient (Wildman–Crippen LogP) is 2.17. The fraction of sp³-hybridized carbons (Fsp3) is 0.522. The lowest BCUT2D eigenvalue weighted by Crippen LogP contribution is -2.62.